The Morgan fingerprint density at radius 1 is 1.11 bits per heavy atom. The van der Waals surface area contributed by atoms with Crippen molar-refractivity contribution in [1.82, 2.24) is 14.9 Å². The zero-order valence-corrected chi connectivity index (χ0v) is 16.0. The van der Waals surface area contributed by atoms with Crippen LogP contribution in [0.3, 0.4) is 0 Å². The summed E-state index contributed by atoms with van der Waals surface area (Å²) in [6.45, 7) is 0.462. The molecule has 0 bridgehead atoms. The lowest BCUT2D eigenvalue weighted by atomic mass is 10.1. The highest BCUT2D eigenvalue weighted by Gasteiger charge is 2.14. The molecule has 0 saturated heterocycles. The van der Waals surface area contributed by atoms with Gasteiger partial charge in [-0.05, 0) is 30.3 Å². The quantitative estimate of drug-likeness (QED) is 0.502. The second-order valence-corrected chi connectivity index (χ2v) is 7.67. The molecule has 3 aromatic rings. The molecular formula is C19H20N4O4S. The number of aromatic amines is 1. The minimum Gasteiger partial charge on any atom is -0.383 e. The van der Waals surface area contributed by atoms with E-state index in [4.69, 9.17) is 4.74 Å². The fraction of sp³-hybridized carbons (Fsp3) is 0.158. The highest BCUT2D eigenvalue weighted by molar-refractivity contribution is 7.89. The summed E-state index contributed by atoms with van der Waals surface area (Å²) < 4.78 is 31.5. The van der Waals surface area contributed by atoms with Crippen molar-refractivity contribution in [2.45, 2.75) is 4.90 Å². The summed E-state index contributed by atoms with van der Waals surface area (Å²) in [6, 6.07) is 17.0. The zero-order valence-electron chi connectivity index (χ0n) is 15.2. The summed E-state index contributed by atoms with van der Waals surface area (Å²) in [4.78, 5) is 12.5. The molecule has 0 fully saturated rings. The molecule has 1 heterocycles. The highest BCUT2D eigenvalue weighted by atomic mass is 32.2. The number of ether oxygens (including phenoxy) is 1. The molecule has 0 atom stereocenters. The maximum Gasteiger partial charge on any atom is 0.273 e. The molecule has 0 unspecified atom stereocenters. The summed E-state index contributed by atoms with van der Waals surface area (Å²) in [6.07, 6.45) is 0. The van der Waals surface area contributed by atoms with E-state index >= 15 is 0 Å². The number of rotatable bonds is 8. The van der Waals surface area contributed by atoms with Gasteiger partial charge < -0.3 is 10.1 Å². The first-order chi connectivity index (χ1) is 13.5. The molecule has 2 aromatic carbocycles. The molecule has 3 rings (SSSR count). The number of benzene rings is 2. The normalized spacial score (nSPS) is 11.3. The molecule has 0 saturated carbocycles. The van der Waals surface area contributed by atoms with E-state index in [2.05, 4.69) is 20.2 Å². The number of hydrogen-bond donors (Lipinski definition) is 3. The van der Waals surface area contributed by atoms with Gasteiger partial charge in [-0.15, -0.1) is 0 Å². The van der Waals surface area contributed by atoms with E-state index in [0.29, 0.717) is 17.1 Å². The van der Waals surface area contributed by atoms with Crippen LogP contribution in [0.4, 0.5) is 5.69 Å². The Kier molecular flexibility index (Phi) is 6.19. The Balaban J connectivity index is 1.66. The van der Waals surface area contributed by atoms with E-state index in [1.54, 1.807) is 6.07 Å². The Labute approximate surface area is 163 Å². The number of anilines is 1. The van der Waals surface area contributed by atoms with E-state index in [9.17, 15) is 13.2 Å². The van der Waals surface area contributed by atoms with E-state index in [-0.39, 0.29) is 24.0 Å². The number of hydrogen-bond acceptors (Lipinski definition) is 5. The van der Waals surface area contributed by atoms with Crippen LogP contribution >= 0.6 is 0 Å². The molecule has 0 spiro atoms. The summed E-state index contributed by atoms with van der Waals surface area (Å²) in [5, 5.41) is 9.56. The molecule has 0 radical (unpaired) electrons. The van der Waals surface area contributed by atoms with Gasteiger partial charge in [-0.1, -0.05) is 30.3 Å². The van der Waals surface area contributed by atoms with Crippen molar-refractivity contribution >= 4 is 21.6 Å². The molecule has 3 N–H and O–H groups in total. The predicted octanol–water partition coefficient (Wildman–Crippen LogP) is 2.25. The molecule has 0 aliphatic carbocycles. The largest absolute Gasteiger partial charge is 0.383 e. The molecule has 8 nitrogen and oxygen atoms in total. The Hall–Kier alpha value is -3.01. The van der Waals surface area contributed by atoms with Gasteiger partial charge in [0.2, 0.25) is 10.0 Å². The number of methoxy groups -OCH3 is 1. The molecular weight excluding hydrogens is 380 g/mol. The van der Waals surface area contributed by atoms with Crippen molar-refractivity contribution < 1.29 is 17.9 Å². The average molecular weight is 400 g/mol. The first kappa shape index (κ1) is 19.7. The molecule has 1 aromatic heterocycles. The molecule has 9 heteroatoms. The summed E-state index contributed by atoms with van der Waals surface area (Å²) in [7, 11) is -2.12. The van der Waals surface area contributed by atoms with Gasteiger partial charge in [-0.2, -0.15) is 5.10 Å². The third kappa shape index (κ3) is 4.83. The number of nitrogens with zero attached hydrogens (tertiary/aromatic N) is 1. The monoisotopic (exact) mass is 400 g/mol. The number of aromatic nitrogens is 2. The van der Waals surface area contributed by atoms with Crippen molar-refractivity contribution in [3.05, 3.63) is 66.4 Å². The average Bonchev–Trinajstić information content (AvgIpc) is 3.20. The Morgan fingerprint density at radius 2 is 1.82 bits per heavy atom. The van der Waals surface area contributed by atoms with Gasteiger partial charge in [0, 0.05) is 24.9 Å². The lowest BCUT2D eigenvalue weighted by Crippen LogP contribution is -2.27. The van der Waals surface area contributed by atoms with Crippen molar-refractivity contribution in [2.75, 3.05) is 25.6 Å². The second kappa shape index (κ2) is 8.79. The van der Waals surface area contributed by atoms with Gasteiger partial charge in [-0.3, -0.25) is 9.89 Å². The van der Waals surface area contributed by atoms with Crippen LogP contribution in [-0.2, 0) is 14.8 Å². The number of nitrogens with one attached hydrogen (secondary N) is 3. The third-order valence-corrected chi connectivity index (χ3v) is 5.39. The number of amides is 1. The van der Waals surface area contributed by atoms with Crippen LogP contribution in [0.15, 0.2) is 65.6 Å². The molecule has 28 heavy (non-hydrogen) atoms. The Morgan fingerprint density at radius 3 is 2.50 bits per heavy atom. The summed E-state index contributed by atoms with van der Waals surface area (Å²) in [5.74, 6) is -0.372. The van der Waals surface area contributed by atoms with Gasteiger partial charge >= 0.3 is 0 Å². The molecule has 0 aliphatic rings. The Bertz CT molecular complexity index is 1030. The van der Waals surface area contributed by atoms with Crippen molar-refractivity contribution in [2.24, 2.45) is 0 Å². The zero-order chi connectivity index (χ0) is 20.0. The fourth-order valence-electron chi connectivity index (χ4n) is 2.47. The third-order valence-electron chi connectivity index (χ3n) is 3.91. The lowest BCUT2D eigenvalue weighted by Gasteiger charge is -2.08. The van der Waals surface area contributed by atoms with Crippen LogP contribution in [0.1, 0.15) is 10.5 Å². The second-order valence-electron chi connectivity index (χ2n) is 5.90. The van der Waals surface area contributed by atoms with Gasteiger partial charge in [0.1, 0.15) is 5.69 Å². The van der Waals surface area contributed by atoms with E-state index in [1.165, 1.54) is 31.4 Å². The van der Waals surface area contributed by atoms with Gasteiger partial charge in [0.25, 0.3) is 5.91 Å². The van der Waals surface area contributed by atoms with E-state index in [0.717, 1.165) is 5.56 Å². The number of sulfonamides is 1. The van der Waals surface area contributed by atoms with Crippen LogP contribution in [0.25, 0.3) is 11.3 Å². The van der Waals surface area contributed by atoms with E-state index < -0.39 is 10.0 Å². The maximum atomic E-state index is 12.4. The smallest absolute Gasteiger partial charge is 0.273 e. The number of carbonyl (C=O) groups is 1. The molecule has 146 valence electrons. The topological polar surface area (TPSA) is 113 Å². The molecule has 1 amide bonds. The maximum absolute atomic E-state index is 12.4. The van der Waals surface area contributed by atoms with Crippen molar-refractivity contribution in [3.63, 3.8) is 0 Å². The van der Waals surface area contributed by atoms with E-state index in [1.807, 2.05) is 30.3 Å². The van der Waals surface area contributed by atoms with Gasteiger partial charge in [0.15, 0.2) is 0 Å². The first-order valence-corrected chi connectivity index (χ1v) is 9.99. The lowest BCUT2D eigenvalue weighted by molar-refractivity contribution is 0.102. The minimum absolute atomic E-state index is 0.106. The standard InChI is InChI=1S/C19H20N4O4S/c1-27-12-11-20-28(25,26)16-9-7-15(8-10-16)21-19(24)18-13-17(22-23-18)14-5-3-2-4-6-14/h2-10,13,20H,11-12H2,1H3,(H,21,24)(H,22,23). The van der Waals surface area contributed by atoms with Crippen LogP contribution in [0, 0.1) is 0 Å². The van der Waals surface area contributed by atoms with Gasteiger partial charge in [-0.25, -0.2) is 13.1 Å². The number of carbonyl (C=O) groups excluding carboxylic acids is 1. The van der Waals surface area contributed by atoms with Crippen LogP contribution in [-0.4, -0.2) is 44.8 Å². The van der Waals surface area contributed by atoms with Crippen molar-refractivity contribution in [1.29, 1.82) is 0 Å². The minimum atomic E-state index is -3.62. The van der Waals surface area contributed by atoms with Crippen molar-refractivity contribution in [3.8, 4) is 11.3 Å². The van der Waals surface area contributed by atoms with Crippen LogP contribution in [0.2, 0.25) is 0 Å². The van der Waals surface area contributed by atoms with Gasteiger partial charge in [0.05, 0.1) is 17.2 Å². The first-order valence-electron chi connectivity index (χ1n) is 8.50. The summed E-state index contributed by atoms with van der Waals surface area (Å²) >= 11 is 0. The SMILES string of the molecule is COCCNS(=O)(=O)c1ccc(NC(=O)c2cc(-c3ccccc3)n[nH]2)cc1. The van der Waals surface area contributed by atoms with Crippen LogP contribution < -0.4 is 10.0 Å². The predicted molar refractivity (Wildman–Crippen MR) is 105 cm³/mol. The van der Waals surface area contributed by atoms with Crippen LogP contribution in [0.5, 0.6) is 0 Å². The molecule has 0 aliphatic heterocycles. The fourth-order valence-corrected chi connectivity index (χ4v) is 3.49. The number of H-pyrrole nitrogens is 1. The summed E-state index contributed by atoms with van der Waals surface area (Å²) in [5.41, 5.74) is 2.33. The highest BCUT2D eigenvalue weighted by Crippen LogP contribution is 2.18.